The first-order chi connectivity index (χ1) is 9.63. The van der Waals surface area contributed by atoms with E-state index in [9.17, 15) is 8.42 Å². The SMILES string of the molecule is C#CCONS(=O)(=O)c1ccc(-c2ccccc2)cc1. The van der Waals surface area contributed by atoms with E-state index in [0.717, 1.165) is 11.1 Å². The molecule has 2 rings (SSSR count). The van der Waals surface area contributed by atoms with Crippen LogP contribution in [0.1, 0.15) is 0 Å². The maximum Gasteiger partial charge on any atom is 0.262 e. The lowest BCUT2D eigenvalue weighted by Gasteiger charge is -2.06. The van der Waals surface area contributed by atoms with Crippen LogP contribution in [0.5, 0.6) is 0 Å². The zero-order valence-corrected chi connectivity index (χ0v) is 11.4. The molecule has 102 valence electrons. The van der Waals surface area contributed by atoms with Crippen LogP contribution in [0.25, 0.3) is 11.1 Å². The molecule has 20 heavy (non-hydrogen) atoms. The molecule has 0 aliphatic rings. The number of rotatable bonds is 5. The van der Waals surface area contributed by atoms with E-state index in [1.807, 2.05) is 35.2 Å². The summed E-state index contributed by atoms with van der Waals surface area (Å²) >= 11 is 0. The zero-order chi connectivity index (χ0) is 14.4. The minimum absolute atomic E-state index is 0.120. The van der Waals surface area contributed by atoms with Crippen LogP contribution < -0.4 is 4.89 Å². The molecular weight excluding hydrogens is 274 g/mol. The molecular formula is C15H13NO3S. The van der Waals surface area contributed by atoms with Gasteiger partial charge in [0.15, 0.2) is 0 Å². The standard InChI is InChI=1S/C15H13NO3S/c1-2-12-19-16-20(17,18)15-10-8-14(9-11-15)13-6-4-3-5-7-13/h1,3-11,16H,12H2. The third-order valence-electron chi connectivity index (χ3n) is 2.60. The van der Waals surface area contributed by atoms with Crippen LogP contribution in [0.3, 0.4) is 0 Å². The van der Waals surface area contributed by atoms with E-state index < -0.39 is 10.0 Å². The average Bonchev–Trinajstić information content (AvgIpc) is 2.48. The van der Waals surface area contributed by atoms with Crippen LogP contribution >= 0.6 is 0 Å². The normalized spacial score (nSPS) is 10.9. The van der Waals surface area contributed by atoms with Crippen molar-refractivity contribution < 1.29 is 13.3 Å². The highest BCUT2D eigenvalue weighted by Crippen LogP contribution is 2.20. The molecule has 1 N–H and O–H groups in total. The summed E-state index contributed by atoms with van der Waals surface area (Å²) in [5.41, 5.74) is 1.96. The van der Waals surface area contributed by atoms with Gasteiger partial charge in [0, 0.05) is 0 Å². The number of hydrogen-bond donors (Lipinski definition) is 1. The van der Waals surface area contributed by atoms with Gasteiger partial charge in [0.1, 0.15) is 6.61 Å². The number of sulfonamides is 1. The Kier molecular flexibility index (Phi) is 4.53. The summed E-state index contributed by atoms with van der Waals surface area (Å²) in [6, 6.07) is 16.2. The predicted molar refractivity (Wildman–Crippen MR) is 77.0 cm³/mol. The monoisotopic (exact) mass is 287 g/mol. The number of nitrogens with one attached hydrogen (secondary N) is 1. The lowest BCUT2D eigenvalue weighted by atomic mass is 10.1. The Morgan fingerprint density at radius 2 is 1.60 bits per heavy atom. The molecule has 0 spiro atoms. The van der Waals surface area contributed by atoms with Crippen molar-refractivity contribution in [1.82, 2.24) is 4.89 Å². The van der Waals surface area contributed by atoms with Crippen molar-refractivity contribution in [3.05, 3.63) is 54.6 Å². The fourth-order valence-corrected chi connectivity index (χ4v) is 2.46. The Bertz CT molecular complexity index is 701. The largest absolute Gasteiger partial charge is 0.274 e. The molecule has 2 aromatic carbocycles. The second kappa shape index (κ2) is 6.35. The lowest BCUT2D eigenvalue weighted by Crippen LogP contribution is -2.24. The lowest BCUT2D eigenvalue weighted by molar-refractivity contribution is 0.123. The zero-order valence-electron chi connectivity index (χ0n) is 10.6. The second-order valence-corrected chi connectivity index (χ2v) is 5.61. The highest BCUT2D eigenvalue weighted by molar-refractivity contribution is 7.89. The van der Waals surface area contributed by atoms with Crippen molar-refractivity contribution in [1.29, 1.82) is 0 Å². The molecule has 0 radical (unpaired) electrons. The molecule has 5 heteroatoms. The van der Waals surface area contributed by atoms with Crippen LogP contribution in [0.4, 0.5) is 0 Å². The second-order valence-electron chi connectivity index (χ2n) is 3.97. The summed E-state index contributed by atoms with van der Waals surface area (Å²) in [5.74, 6) is 2.17. The Hall–Kier alpha value is -2.13. The van der Waals surface area contributed by atoms with Gasteiger partial charge in [0.05, 0.1) is 4.90 Å². The van der Waals surface area contributed by atoms with Crippen LogP contribution in [0.2, 0.25) is 0 Å². The third-order valence-corrected chi connectivity index (χ3v) is 3.83. The average molecular weight is 287 g/mol. The van der Waals surface area contributed by atoms with Crippen molar-refractivity contribution >= 4 is 10.0 Å². The maximum atomic E-state index is 11.9. The summed E-state index contributed by atoms with van der Waals surface area (Å²) in [7, 11) is -3.70. The molecule has 4 nitrogen and oxygen atoms in total. The molecule has 2 aromatic rings. The van der Waals surface area contributed by atoms with Crippen molar-refractivity contribution in [2.24, 2.45) is 0 Å². The van der Waals surface area contributed by atoms with Gasteiger partial charge in [-0.1, -0.05) is 53.3 Å². The van der Waals surface area contributed by atoms with Crippen LogP contribution in [-0.2, 0) is 14.9 Å². The maximum absolute atomic E-state index is 11.9. The van der Waals surface area contributed by atoms with Gasteiger partial charge < -0.3 is 0 Å². The predicted octanol–water partition coefficient (Wildman–Crippen LogP) is 2.20. The molecule has 0 aliphatic carbocycles. The van der Waals surface area contributed by atoms with Crippen molar-refractivity contribution in [3.8, 4) is 23.5 Å². The van der Waals surface area contributed by atoms with E-state index >= 15 is 0 Å². The Labute approximate surface area is 118 Å². The van der Waals surface area contributed by atoms with Gasteiger partial charge in [-0.25, -0.2) is 8.42 Å². The van der Waals surface area contributed by atoms with Gasteiger partial charge >= 0.3 is 0 Å². The Morgan fingerprint density at radius 3 is 2.20 bits per heavy atom. The molecule has 0 aromatic heterocycles. The third kappa shape index (κ3) is 3.45. The summed E-state index contributed by atoms with van der Waals surface area (Å²) in [4.78, 5) is 6.73. The molecule has 0 unspecified atom stereocenters. The van der Waals surface area contributed by atoms with Gasteiger partial charge in [0.2, 0.25) is 0 Å². The molecule has 0 heterocycles. The van der Waals surface area contributed by atoms with Crippen LogP contribution in [0, 0.1) is 12.3 Å². The molecule has 0 bridgehead atoms. The van der Waals surface area contributed by atoms with E-state index in [4.69, 9.17) is 6.42 Å². The quantitative estimate of drug-likeness (QED) is 0.521. The summed E-state index contributed by atoms with van der Waals surface area (Å²) in [6.45, 7) is -0.124. The first-order valence-electron chi connectivity index (χ1n) is 5.86. The minimum atomic E-state index is -3.70. The first-order valence-corrected chi connectivity index (χ1v) is 7.34. The van der Waals surface area contributed by atoms with E-state index in [1.54, 1.807) is 12.1 Å². The van der Waals surface area contributed by atoms with Crippen LogP contribution in [0.15, 0.2) is 59.5 Å². The molecule has 0 saturated carbocycles. The van der Waals surface area contributed by atoms with Gasteiger partial charge in [-0.05, 0) is 23.3 Å². The fraction of sp³-hybridized carbons (Fsp3) is 0.0667. The minimum Gasteiger partial charge on any atom is -0.274 e. The highest BCUT2D eigenvalue weighted by Gasteiger charge is 2.13. The van der Waals surface area contributed by atoms with Gasteiger partial charge in [-0.2, -0.15) is 0 Å². The Balaban J connectivity index is 2.18. The Morgan fingerprint density at radius 1 is 1.00 bits per heavy atom. The van der Waals surface area contributed by atoms with E-state index in [0.29, 0.717) is 0 Å². The van der Waals surface area contributed by atoms with Gasteiger partial charge in [-0.15, -0.1) is 6.42 Å². The number of hydrogen-bond acceptors (Lipinski definition) is 3. The molecule has 0 saturated heterocycles. The number of terminal acetylenes is 1. The van der Waals surface area contributed by atoms with E-state index in [-0.39, 0.29) is 11.5 Å². The topological polar surface area (TPSA) is 55.4 Å². The molecule has 0 aliphatic heterocycles. The van der Waals surface area contributed by atoms with Crippen LogP contribution in [-0.4, -0.2) is 15.0 Å². The fourth-order valence-electron chi connectivity index (χ4n) is 1.65. The summed E-state index contributed by atoms with van der Waals surface area (Å²) in [5, 5.41) is 0. The molecule has 0 fully saturated rings. The number of benzene rings is 2. The van der Waals surface area contributed by atoms with Crippen molar-refractivity contribution in [2.45, 2.75) is 4.90 Å². The first kappa shape index (κ1) is 14.3. The molecule has 0 atom stereocenters. The highest BCUT2D eigenvalue weighted by atomic mass is 32.2. The summed E-state index contributed by atoms with van der Waals surface area (Å²) < 4.78 is 23.7. The van der Waals surface area contributed by atoms with E-state index in [1.165, 1.54) is 12.1 Å². The van der Waals surface area contributed by atoms with E-state index in [2.05, 4.69) is 10.8 Å². The summed E-state index contributed by atoms with van der Waals surface area (Å²) in [6.07, 6.45) is 4.97. The van der Waals surface area contributed by atoms with Gasteiger partial charge in [-0.3, -0.25) is 4.84 Å². The van der Waals surface area contributed by atoms with Crippen molar-refractivity contribution in [2.75, 3.05) is 6.61 Å². The smallest absolute Gasteiger partial charge is 0.262 e. The molecule has 0 amide bonds. The van der Waals surface area contributed by atoms with Crippen molar-refractivity contribution in [3.63, 3.8) is 0 Å². The van der Waals surface area contributed by atoms with Gasteiger partial charge in [0.25, 0.3) is 10.0 Å².